The molecule has 2 N–H and O–H groups in total. The minimum atomic E-state index is -0.960. The predicted molar refractivity (Wildman–Crippen MR) is 144 cm³/mol. The van der Waals surface area contributed by atoms with E-state index in [-0.39, 0.29) is 6.61 Å². The van der Waals surface area contributed by atoms with Crippen molar-refractivity contribution in [3.63, 3.8) is 0 Å². The number of ether oxygens (including phenoxy) is 2. The van der Waals surface area contributed by atoms with Gasteiger partial charge in [0, 0.05) is 20.5 Å². The molecule has 0 aliphatic heterocycles. The summed E-state index contributed by atoms with van der Waals surface area (Å²) >= 11 is 13.4. The summed E-state index contributed by atoms with van der Waals surface area (Å²) in [4.78, 5) is 38.0. The molecular formula is C26H23Cl2N3O5S. The Morgan fingerprint density at radius 2 is 1.81 bits per heavy atom. The molecule has 0 bridgehead atoms. The number of rotatable bonds is 7. The monoisotopic (exact) mass is 559 g/mol. The standard InChI is InChI=1S/C26H23Cl2N3O5S/c1-35-26(34)22-19-4-2-3-5-21(19)37-25(22)30-23(32)24(33)31-29-13-15-6-10-18(11-7-15)36-14-16-8-9-17(27)12-20(16)28/h6-13H,2-5,14H2,1H3,(H,30,32)(H,31,33). The SMILES string of the molecule is COC(=O)c1c(NC(=O)C(=O)NN=Cc2ccc(OCc3ccc(Cl)cc3Cl)cc2)sc2c1CCCC2. The highest BCUT2D eigenvalue weighted by atomic mass is 35.5. The van der Waals surface area contributed by atoms with E-state index in [1.807, 2.05) is 0 Å². The lowest BCUT2D eigenvalue weighted by atomic mass is 9.95. The molecule has 0 atom stereocenters. The molecule has 1 heterocycles. The van der Waals surface area contributed by atoms with Crippen LogP contribution in [-0.4, -0.2) is 31.1 Å². The molecule has 0 unspecified atom stereocenters. The molecule has 1 aliphatic carbocycles. The molecule has 0 saturated heterocycles. The van der Waals surface area contributed by atoms with Crippen LogP contribution in [0.3, 0.4) is 0 Å². The van der Waals surface area contributed by atoms with Crippen LogP contribution in [0.5, 0.6) is 5.75 Å². The van der Waals surface area contributed by atoms with Crippen LogP contribution in [0.15, 0.2) is 47.6 Å². The number of methoxy groups -OCH3 is 1. The zero-order chi connectivity index (χ0) is 26.4. The van der Waals surface area contributed by atoms with Gasteiger partial charge in [0.25, 0.3) is 0 Å². The van der Waals surface area contributed by atoms with E-state index >= 15 is 0 Å². The number of fused-ring (bicyclic) bond motifs is 1. The zero-order valence-corrected chi connectivity index (χ0v) is 22.1. The minimum absolute atomic E-state index is 0.277. The predicted octanol–water partition coefficient (Wildman–Crippen LogP) is 5.39. The molecule has 0 spiro atoms. The molecule has 11 heteroatoms. The number of carbonyl (C=O) groups excluding carboxylic acids is 3. The van der Waals surface area contributed by atoms with Crippen molar-refractivity contribution in [2.45, 2.75) is 32.3 Å². The first-order chi connectivity index (χ1) is 17.9. The molecule has 4 rings (SSSR count). The van der Waals surface area contributed by atoms with Crippen molar-refractivity contribution in [2.24, 2.45) is 5.10 Å². The van der Waals surface area contributed by atoms with E-state index in [2.05, 4.69) is 15.8 Å². The van der Waals surface area contributed by atoms with Crippen LogP contribution in [0.2, 0.25) is 10.0 Å². The summed E-state index contributed by atoms with van der Waals surface area (Å²) < 4.78 is 10.6. The Labute approximate surface area is 227 Å². The maximum absolute atomic E-state index is 12.4. The van der Waals surface area contributed by atoms with Crippen molar-refractivity contribution in [1.29, 1.82) is 0 Å². The molecule has 0 fully saturated rings. The van der Waals surface area contributed by atoms with E-state index in [4.69, 9.17) is 32.7 Å². The highest BCUT2D eigenvalue weighted by molar-refractivity contribution is 7.17. The largest absolute Gasteiger partial charge is 0.489 e. The number of anilines is 1. The Morgan fingerprint density at radius 3 is 2.54 bits per heavy atom. The first kappa shape index (κ1) is 26.7. The minimum Gasteiger partial charge on any atom is -0.489 e. The Hall–Kier alpha value is -3.40. The van der Waals surface area contributed by atoms with Gasteiger partial charge in [0.05, 0.1) is 18.9 Å². The van der Waals surface area contributed by atoms with E-state index in [1.165, 1.54) is 24.7 Å². The van der Waals surface area contributed by atoms with Gasteiger partial charge in [-0.2, -0.15) is 5.10 Å². The molecule has 0 saturated carbocycles. The molecule has 192 valence electrons. The highest BCUT2D eigenvalue weighted by Crippen LogP contribution is 2.38. The number of aryl methyl sites for hydroxylation is 1. The van der Waals surface area contributed by atoms with E-state index in [0.29, 0.717) is 31.9 Å². The first-order valence-electron chi connectivity index (χ1n) is 11.4. The maximum atomic E-state index is 12.4. The van der Waals surface area contributed by atoms with Crippen molar-refractivity contribution in [3.8, 4) is 5.75 Å². The molecule has 1 aromatic heterocycles. The van der Waals surface area contributed by atoms with Gasteiger partial charge in [0.1, 0.15) is 17.4 Å². The Bertz CT molecular complexity index is 1350. The van der Waals surface area contributed by atoms with Crippen LogP contribution >= 0.6 is 34.5 Å². The van der Waals surface area contributed by atoms with Crippen molar-refractivity contribution >= 4 is 63.5 Å². The van der Waals surface area contributed by atoms with E-state index < -0.39 is 17.8 Å². The topological polar surface area (TPSA) is 106 Å². The summed E-state index contributed by atoms with van der Waals surface area (Å²) in [5, 5.41) is 7.77. The van der Waals surface area contributed by atoms with E-state index in [9.17, 15) is 14.4 Å². The lowest BCUT2D eigenvalue weighted by Crippen LogP contribution is -2.32. The van der Waals surface area contributed by atoms with Crippen molar-refractivity contribution in [2.75, 3.05) is 12.4 Å². The van der Waals surface area contributed by atoms with Crippen LogP contribution in [0.1, 0.15) is 44.8 Å². The van der Waals surface area contributed by atoms with Crippen LogP contribution in [0.25, 0.3) is 0 Å². The Kier molecular flexibility index (Phi) is 8.81. The summed E-state index contributed by atoms with van der Waals surface area (Å²) in [7, 11) is 1.29. The summed E-state index contributed by atoms with van der Waals surface area (Å²) in [5.74, 6) is -1.80. The number of benzene rings is 2. The van der Waals surface area contributed by atoms with Crippen molar-refractivity contribution in [1.82, 2.24) is 5.43 Å². The molecular weight excluding hydrogens is 537 g/mol. The quantitative estimate of drug-likeness (QED) is 0.175. The van der Waals surface area contributed by atoms with Gasteiger partial charge in [-0.1, -0.05) is 29.3 Å². The van der Waals surface area contributed by atoms with Gasteiger partial charge in [0.15, 0.2) is 0 Å². The number of carbonyl (C=O) groups is 3. The molecule has 2 amide bonds. The third-order valence-electron chi connectivity index (χ3n) is 5.66. The number of halogens is 2. The second-order valence-electron chi connectivity index (χ2n) is 8.15. The number of esters is 1. The summed E-state index contributed by atoms with van der Waals surface area (Å²) in [6, 6.07) is 12.2. The van der Waals surface area contributed by atoms with Gasteiger partial charge in [-0.15, -0.1) is 11.3 Å². The Balaban J connectivity index is 1.31. The highest BCUT2D eigenvalue weighted by Gasteiger charge is 2.28. The van der Waals surface area contributed by atoms with Crippen molar-refractivity contribution in [3.05, 3.63) is 79.6 Å². The molecule has 2 aromatic carbocycles. The summed E-state index contributed by atoms with van der Waals surface area (Å²) in [6.07, 6.45) is 4.94. The van der Waals surface area contributed by atoms with Crippen molar-refractivity contribution < 1.29 is 23.9 Å². The van der Waals surface area contributed by atoms with Crippen LogP contribution < -0.4 is 15.5 Å². The van der Waals surface area contributed by atoms with Crippen LogP contribution in [0.4, 0.5) is 5.00 Å². The molecule has 1 aliphatic rings. The third-order valence-corrected chi connectivity index (χ3v) is 7.46. The van der Waals surface area contributed by atoms with Crippen LogP contribution in [-0.2, 0) is 33.8 Å². The van der Waals surface area contributed by atoms with Gasteiger partial charge in [-0.05, 0) is 73.2 Å². The number of thiophene rings is 1. The second-order valence-corrected chi connectivity index (χ2v) is 10.1. The third kappa shape index (κ3) is 6.68. The second kappa shape index (κ2) is 12.2. The first-order valence-corrected chi connectivity index (χ1v) is 13.0. The summed E-state index contributed by atoms with van der Waals surface area (Å²) in [6.45, 7) is 0.277. The lowest BCUT2D eigenvalue weighted by Gasteiger charge is -2.11. The lowest BCUT2D eigenvalue weighted by molar-refractivity contribution is -0.136. The zero-order valence-electron chi connectivity index (χ0n) is 19.8. The van der Waals surface area contributed by atoms with Crippen LogP contribution in [0, 0.1) is 0 Å². The molecule has 37 heavy (non-hydrogen) atoms. The Morgan fingerprint density at radius 1 is 1.05 bits per heavy atom. The molecule has 0 radical (unpaired) electrons. The number of hydrogen-bond acceptors (Lipinski definition) is 7. The normalized spacial score (nSPS) is 12.6. The molecule has 3 aromatic rings. The average molecular weight is 560 g/mol. The number of hydrazone groups is 1. The average Bonchev–Trinajstić information content (AvgIpc) is 3.26. The fraction of sp³-hybridized carbons (Fsp3) is 0.231. The van der Waals surface area contributed by atoms with Gasteiger partial charge >= 0.3 is 17.8 Å². The van der Waals surface area contributed by atoms with E-state index in [0.717, 1.165) is 41.7 Å². The van der Waals surface area contributed by atoms with Gasteiger partial charge < -0.3 is 14.8 Å². The number of hydrogen-bond donors (Lipinski definition) is 2. The van der Waals surface area contributed by atoms with Gasteiger partial charge in [0.2, 0.25) is 0 Å². The smallest absolute Gasteiger partial charge is 0.341 e. The number of nitrogens with zero attached hydrogens (tertiary/aromatic N) is 1. The van der Waals surface area contributed by atoms with Gasteiger partial charge in [-0.25, -0.2) is 10.2 Å². The summed E-state index contributed by atoms with van der Waals surface area (Å²) in [5.41, 5.74) is 4.90. The number of amides is 2. The molecule has 8 nitrogen and oxygen atoms in total. The fourth-order valence-electron chi connectivity index (χ4n) is 3.80. The maximum Gasteiger partial charge on any atom is 0.341 e. The van der Waals surface area contributed by atoms with Gasteiger partial charge in [-0.3, -0.25) is 9.59 Å². The fourth-order valence-corrected chi connectivity index (χ4v) is 5.53. The number of nitrogens with one attached hydrogen (secondary N) is 2. The van der Waals surface area contributed by atoms with E-state index in [1.54, 1.807) is 42.5 Å².